The Hall–Kier alpha value is -0.820. The molecule has 2 N–H and O–H groups in total. The summed E-state index contributed by atoms with van der Waals surface area (Å²) < 4.78 is 36.1. The van der Waals surface area contributed by atoms with Crippen molar-refractivity contribution in [3.05, 3.63) is 0 Å². The van der Waals surface area contributed by atoms with Crippen LogP contribution in [0.5, 0.6) is 0 Å². The molecule has 1 aliphatic heterocycles. The quantitative estimate of drug-likeness (QED) is 0.792. The van der Waals surface area contributed by atoms with Crippen molar-refractivity contribution in [2.24, 2.45) is 0 Å². The lowest BCUT2D eigenvalue weighted by Crippen LogP contribution is -2.57. The summed E-state index contributed by atoms with van der Waals surface area (Å²) in [5, 5.41) is 12.0. The van der Waals surface area contributed by atoms with Crippen LogP contribution >= 0.6 is 0 Å². The number of nitrogens with one attached hydrogen (secondary N) is 1. The van der Waals surface area contributed by atoms with Crippen LogP contribution in [0.3, 0.4) is 0 Å². The van der Waals surface area contributed by atoms with E-state index in [-0.39, 0.29) is 12.5 Å². The number of carbonyl (C=O) groups is 1. The average molecular weight is 268 g/mol. The summed E-state index contributed by atoms with van der Waals surface area (Å²) in [6, 6.07) is -0.782. The predicted molar refractivity (Wildman–Crippen MR) is 60.4 cm³/mol. The zero-order valence-corrected chi connectivity index (χ0v) is 10.3. The van der Waals surface area contributed by atoms with Gasteiger partial charge in [0.2, 0.25) is 0 Å². The second-order valence-corrected chi connectivity index (χ2v) is 4.65. The van der Waals surface area contributed by atoms with Crippen LogP contribution < -0.4 is 5.32 Å². The van der Waals surface area contributed by atoms with Crippen LogP contribution in [0.25, 0.3) is 0 Å². The van der Waals surface area contributed by atoms with Crippen LogP contribution in [0.15, 0.2) is 0 Å². The number of nitrogens with zero attached hydrogens (tertiary/aromatic N) is 1. The molecule has 0 spiro atoms. The van der Waals surface area contributed by atoms with Crippen molar-refractivity contribution in [3.63, 3.8) is 0 Å². The molecule has 1 rings (SSSR count). The predicted octanol–water partition coefficient (Wildman–Crippen LogP) is 1.47. The fourth-order valence-electron chi connectivity index (χ4n) is 2.24. The molecule has 0 aliphatic carbocycles. The van der Waals surface area contributed by atoms with E-state index in [0.29, 0.717) is 26.1 Å². The van der Waals surface area contributed by atoms with E-state index in [4.69, 9.17) is 5.11 Å². The van der Waals surface area contributed by atoms with Gasteiger partial charge in [-0.2, -0.15) is 13.2 Å². The molecule has 0 bridgehead atoms. The zero-order chi connectivity index (χ0) is 13.8. The molecule has 2 atom stereocenters. The summed E-state index contributed by atoms with van der Waals surface area (Å²) in [7, 11) is 0. The van der Waals surface area contributed by atoms with E-state index in [9.17, 15) is 18.0 Å². The number of piperazine rings is 1. The highest BCUT2D eigenvalue weighted by molar-refractivity contribution is 5.74. The van der Waals surface area contributed by atoms with Crippen LogP contribution in [0, 0.1) is 0 Å². The first-order valence-electron chi connectivity index (χ1n) is 6.07. The van der Waals surface area contributed by atoms with Crippen LogP contribution in [0.1, 0.15) is 26.2 Å². The van der Waals surface area contributed by atoms with Gasteiger partial charge < -0.3 is 10.4 Å². The summed E-state index contributed by atoms with van der Waals surface area (Å²) in [6.07, 6.45) is -4.53. The number of aliphatic carboxylic acids is 1. The third kappa shape index (κ3) is 4.81. The molecule has 2 unspecified atom stereocenters. The Labute approximate surface area is 104 Å². The van der Waals surface area contributed by atoms with Gasteiger partial charge in [-0.15, -0.1) is 0 Å². The standard InChI is InChI=1S/C11H19F3N2O2/c1-8(3-2-4-11(12,13)14)16-6-5-15-7-9(16)10(17)18/h8-9,15H,2-7H2,1H3,(H,17,18). The van der Waals surface area contributed by atoms with Crippen molar-refractivity contribution in [2.75, 3.05) is 19.6 Å². The van der Waals surface area contributed by atoms with Crippen LogP contribution in [0.4, 0.5) is 13.2 Å². The second kappa shape index (κ2) is 6.38. The van der Waals surface area contributed by atoms with Crippen molar-refractivity contribution < 1.29 is 23.1 Å². The van der Waals surface area contributed by atoms with Crippen LogP contribution in [-0.4, -0.2) is 53.9 Å². The normalized spacial score (nSPS) is 23.9. The highest BCUT2D eigenvalue weighted by Crippen LogP contribution is 2.24. The van der Waals surface area contributed by atoms with Crippen molar-refractivity contribution in [3.8, 4) is 0 Å². The van der Waals surface area contributed by atoms with Crippen molar-refractivity contribution in [2.45, 2.75) is 44.4 Å². The van der Waals surface area contributed by atoms with Crippen molar-refractivity contribution in [1.82, 2.24) is 10.2 Å². The van der Waals surface area contributed by atoms with Gasteiger partial charge in [0.1, 0.15) is 6.04 Å². The molecule has 106 valence electrons. The van der Waals surface area contributed by atoms with E-state index in [1.165, 1.54) is 0 Å². The number of halogens is 3. The first-order chi connectivity index (χ1) is 8.31. The molecule has 1 saturated heterocycles. The topological polar surface area (TPSA) is 52.6 Å². The van der Waals surface area contributed by atoms with E-state index < -0.39 is 24.6 Å². The first kappa shape index (κ1) is 15.2. The number of rotatable bonds is 5. The molecule has 18 heavy (non-hydrogen) atoms. The molecule has 0 aromatic heterocycles. The maximum atomic E-state index is 12.0. The summed E-state index contributed by atoms with van der Waals surface area (Å²) in [4.78, 5) is 12.8. The average Bonchev–Trinajstić information content (AvgIpc) is 2.27. The monoisotopic (exact) mass is 268 g/mol. The zero-order valence-electron chi connectivity index (χ0n) is 10.3. The Morgan fingerprint density at radius 1 is 1.56 bits per heavy atom. The molecule has 7 heteroatoms. The summed E-state index contributed by atoms with van der Waals surface area (Å²) in [5.74, 6) is -0.926. The molecule has 1 aliphatic rings. The van der Waals surface area contributed by atoms with E-state index in [2.05, 4.69) is 5.32 Å². The van der Waals surface area contributed by atoms with Gasteiger partial charge in [0, 0.05) is 32.1 Å². The second-order valence-electron chi connectivity index (χ2n) is 4.65. The number of carboxylic acids is 1. The third-order valence-corrected chi connectivity index (χ3v) is 3.22. The lowest BCUT2D eigenvalue weighted by molar-refractivity contribution is -0.146. The highest BCUT2D eigenvalue weighted by atomic mass is 19.4. The molecule has 0 aromatic rings. The van der Waals surface area contributed by atoms with Crippen LogP contribution in [-0.2, 0) is 4.79 Å². The number of hydrogen-bond donors (Lipinski definition) is 2. The van der Waals surface area contributed by atoms with Gasteiger partial charge in [-0.05, 0) is 19.8 Å². The summed E-state index contributed by atoms with van der Waals surface area (Å²) >= 11 is 0. The maximum absolute atomic E-state index is 12.0. The number of alkyl halides is 3. The summed E-state index contributed by atoms with van der Waals surface area (Å²) in [5.41, 5.74) is 0. The van der Waals surface area contributed by atoms with Gasteiger partial charge in [-0.3, -0.25) is 9.69 Å². The molecular formula is C11H19F3N2O2. The van der Waals surface area contributed by atoms with E-state index in [1.807, 2.05) is 0 Å². The fourth-order valence-corrected chi connectivity index (χ4v) is 2.24. The van der Waals surface area contributed by atoms with E-state index in [0.717, 1.165) is 0 Å². The van der Waals surface area contributed by atoms with Gasteiger partial charge in [-0.25, -0.2) is 0 Å². The Morgan fingerprint density at radius 2 is 2.22 bits per heavy atom. The van der Waals surface area contributed by atoms with Gasteiger partial charge in [-0.1, -0.05) is 0 Å². The molecule has 0 radical (unpaired) electrons. The largest absolute Gasteiger partial charge is 0.480 e. The molecular weight excluding hydrogens is 249 g/mol. The fraction of sp³-hybridized carbons (Fsp3) is 0.909. The maximum Gasteiger partial charge on any atom is 0.389 e. The van der Waals surface area contributed by atoms with E-state index >= 15 is 0 Å². The first-order valence-corrected chi connectivity index (χ1v) is 6.07. The Morgan fingerprint density at radius 3 is 2.78 bits per heavy atom. The number of carboxylic acid groups (broad SMARTS) is 1. The Bertz CT molecular complexity index is 284. The lowest BCUT2D eigenvalue weighted by Gasteiger charge is -2.38. The summed E-state index contributed by atoms with van der Waals surface area (Å²) in [6.45, 7) is 3.37. The molecule has 4 nitrogen and oxygen atoms in total. The smallest absolute Gasteiger partial charge is 0.389 e. The number of hydrogen-bond acceptors (Lipinski definition) is 3. The van der Waals surface area contributed by atoms with E-state index in [1.54, 1.807) is 11.8 Å². The van der Waals surface area contributed by atoms with Gasteiger partial charge >= 0.3 is 12.1 Å². The van der Waals surface area contributed by atoms with Gasteiger partial charge in [0.25, 0.3) is 0 Å². The Kier molecular flexibility index (Phi) is 5.40. The van der Waals surface area contributed by atoms with Crippen molar-refractivity contribution in [1.29, 1.82) is 0 Å². The molecule has 1 heterocycles. The molecule has 0 aromatic carbocycles. The molecule has 1 fully saturated rings. The van der Waals surface area contributed by atoms with Crippen molar-refractivity contribution >= 4 is 5.97 Å². The minimum absolute atomic E-state index is 0.0426. The van der Waals surface area contributed by atoms with Gasteiger partial charge in [0.15, 0.2) is 0 Å². The van der Waals surface area contributed by atoms with Crippen LogP contribution in [0.2, 0.25) is 0 Å². The SMILES string of the molecule is CC(CCCC(F)(F)F)N1CCNCC1C(=O)O. The highest BCUT2D eigenvalue weighted by Gasteiger charge is 2.32. The molecule has 0 saturated carbocycles. The minimum atomic E-state index is -4.13. The van der Waals surface area contributed by atoms with Gasteiger partial charge in [0.05, 0.1) is 0 Å². The lowest BCUT2D eigenvalue weighted by atomic mass is 10.1. The third-order valence-electron chi connectivity index (χ3n) is 3.22. The molecule has 0 amide bonds. The Balaban J connectivity index is 2.43. The minimum Gasteiger partial charge on any atom is -0.480 e.